The molecule has 1 aromatic heterocycles. The summed E-state index contributed by atoms with van der Waals surface area (Å²) in [5, 5.41) is 13.7. The SMILES string of the molecule is CC(C)Nc1n[nH]c(Nc2cccc(Cl)c2)n1. The lowest BCUT2D eigenvalue weighted by Gasteiger charge is -2.03. The number of benzene rings is 1. The minimum absolute atomic E-state index is 0.296. The highest BCUT2D eigenvalue weighted by atomic mass is 35.5. The Morgan fingerprint density at radius 1 is 1.35 bits per heavy atom. The van der Waals surface area contributed by atoms with Gasteiger partial charge in [0, 0.05) is 16.8 Å². The van der Waals surface area contributed by atoms with E-state index in [1.807, 2.05) is 38.1 Å². The van der Waals surface area contributed by atoms with Crippen molar-refractivity contribution in [3.63, 3.8) is 0 Å². The topological polar surface area (TPSA) is 65.6 Å². The summed E-state index contributed by atoms with van der Waals surface area (Å²) >= 11 is 5.89. The zero-order valence-electron chi connectivity index (χ0n) is 9.66. The average molecular weight is 252 g/mol. The minimum Gasteiger partial charge on any atom is -0.351 e. The van der Waals surface area contributed by atoms with Crippen LogP contribution in [0.1, 0.15) is 13.8 Å². The van der Waals surface area contributed by atoms with Crippen molar-refractivity contribution in [2.24, 2.45) is 0 Å². The number of rotatable bonds is 4. The first kappa shape index (κ1) is 11.7. The molecule has 0 spiro atoms. The summed E-state index contributed by atoms with van der Waals surface area (Å²) < 4.78 is 0. The van der Waals surface area contributed by atoms with E-state index in [1.165, 1.54) is 0 Å². The maximum absolute atomic E-state index is 5.89. The molecule has 0 atom stereocenters. The van der Waals surface area contributed by atoms with Crippen LogP contribution in [-0.2, 0) is 0 Å². The molecule has 0 radical (unpaired) electrons. The lowest BCUT2D eigenvalue weighted by atomic mass is 10.3. The molecule has 0 bridgehead atoms. The lowest BCUT2D eigenvalue weighted by molar-refractivity contribution is 0.876. The number of nitrogens with one attached hydrogen (secondary N) is 3. The number of halogens is 1. The Hall–Kier alpha value is -1.75. The number of aromatic amines is 1. The van der Waals surface area contributed by atoms with E-state index in [1.54, 1.807) is 0 Å². The Morgan fingerprint density at radius 3 is 2.88 bits per heavy atom. The highest BCUT2D eigenvalue weighted by Crippen LogP contribution is 2.18. The predicted octanol–water partition coefficient (Wildman–Crippen LogP) is 3.02. The monoisotopic (exact) mass is 251 g/mol. The smallest absolute Gasteiger partial charge is 0.243 e. The Balaban J connectivity index is 2.06. The van der Waals surface area contributed by atoms with E-state index < -0.39 is 0 Å². The van der Waals surface area contributed by atoms with Gasteiger partial charge in [0.1, 0.15) is 0 Å². The summed E-state index contributed by atoms with van der Waals surface area (Å²) in [6.45, 7) is 4.06. The van der Waals surface area contributed by atoms with Crippen molar-refractivity contribution in [2.75, 3.05) is 10.6 Å². The van der Waals surface area contributed by atoms with E-state index in [0.717, 1.165) is 5.69 Å². The van der Waals surface area contributed by atoms with Gasteiger partial charge in [0.25, 0.3) is 0 Å². The molecule has 90 valence electrons. The number of nitrogens with zero attached hydrogens (tertiary/aromatic N) is 2. The van der Waals surface area contributed by atoms with Crippen LogP contribution in [0.25, 0.3) is 0 Å². The standard InChI is InChI=1S/C11H14ClN5/c1-7(2)13-10-15-11(17-16-10)14-9-5-3-4-8(12)6-9/h3-7H,1-2H3,(H3,13,14,15,16,17). The van der Waals surface area contributed by atoms with E-state index in [4.69, 9.17) is 11.6 Å². The molecule has 0 saturated heterocycles. The molecule has 2 aromatic rings. The molecule has 0 aliphatic heterocycles. The number of hydrogen-bond acceptors (Lipinski definition) is 4. The van der Waals surface area contributed by atoms with Gasteiger partial charge in [0.05, 0.1) is 0 Å². The normalized spacial score (nSPS) is 10.6. The third-order valence-corrected chi connectivity index (χ3v) is 2.23. The fourth-order valence-electron chi connectivity index (χ4n) is 1.34. The van der Waals surface area contributed by atoms with Gasteiger partial charge in [-0.3, -0.25) is 0 Å². The highest BCUT2D eigenvalue weighted by molar-refractivity contribution is 6.30. The Kier molecular flexibility index (Phi) is 3.49. The molecule has 0 aliphatic carbocycles. The minimum atomic E-state index is 0.296. The first-order chi connectivity index (χ1) is 8.13. The summed E-state index contributed by atoms with van der Waals surface area (Å²) in [7, 11) is 0. The van der Waals surface area contributed by atoms with Crippen LogP contribution in [0, 0.1) is 0 Å². The molecule has 6 heteroatoms. The molecular formula is C11H14ClN5. The van der Waals surface area contributed by atoms with Crippen LogP contribution in [0.5, 0.6) is 0 Å². The zero-order valence-corrected chi connectivity index (χ0v) is 10.4. The molecule has 0 aliphatic rings. The molecule has 0 saturated carbocycles. The van der Waals surface area contributed by atoms with Crippen molar-refractivity contribution in [2.45, 2.75) is 19.9 Å². The number of aromatic nitrogens is 3. The van der Waals surface area contributed by atoms with Crippen LogP contribution in [-0.4, -0.2) is 21.2 Å². The first-order valence-corrected chi connectivity index (χ1v) is 5.73. The van der Waals surface area contributed by atoms with Gasteiger partial charge in [-0.1, -0.05) is 17.7 Å². The van der Waals surface area contributed by atoms with E-state index in [2.05, 4.69) is 25.8 Å². The zero-order chi connectivity index (χ0) is 12.3. The molecule has 17 heavy (non-hydrogen) atoms. The molecule has 2 rings (SSSR count). The molecule has 5 nitrogen and oxygen atoms in total. The van der Waals surface area contributed by atoms with Crippen LogP contribution >= 0.6 is 11.6 Å². The van der Waals surface area contributed by atoms with Gasteiger partial charge < -0.3 is 10.6 Å². The average Bonchev–Trinajstić information content (AvgIpc) is 2.64. The van der Waals surface area contributed by atoms with Crippen molar-refractivity contribution in [1.82, 2.24) is 15.2 Å². The van der Waals surface area contributed by atoms with Gasteiger partial charge in [0.15, 0.2) is 0 Å². The second-order valence-electron chi connectivity index (χ2n) is 3.94. The largest absolute Gasteiger partial charge is 0.351 e. The van der Waals surface area contributed by atoms with Gasteiger partial charge in [0.2, 0.25) is 11.9 Å². The Morgan fingerprint density at radius 2 is 2.18 bits per heavy atom. The summed E-state index contributed by atoms with van der Waals surface area (Å²) in [6.07, 6.45) is 0. The fourth-order valence-corrected chi connectivity index (χ4v) is 1.53. The molecule has 3 N–H and O–H groups in total. The molecule has 1 heterocycles. The summed E-state index contributed by atoms with van der Waals surface area (Å²) in [6, 6.07) is 7.71. The van der Waals surface area contributed by atoms with Crippen molar-refractivity contribution in [3.05, 3.63) is 29.3 Å². The van der Waals surface area contributed by atoms with Crippen molar-refractivity contribution < 1.29 is 0 Å². The number of anilines is 3. The van der Waals surface area contributed by atoms with E-state index in [-0.39, 0.29) is 0 Å². The van der Waals surface area contributed by atoms with Gasteiger partial charge in [-0.25, -0.2) is 5.10 Å². The summed E-state index contributed by atoms with van der Waals surface area (Å²) in [5.74, 6) is 1.15. The lowest BCUT2D eigenvalue weighted by Crippen LogP contribution is -2.10. The molecule has 0 amide bonds. The third kappa shape index (κ3) is 3.35. The maximum Gasteiger partial charge on any atom is 0.243 e. The fraction of sp³-hybridized carbons (Fsp3) is 0.273. The van der Waals surface area contributed by atoms with Gasteiger partial charge in [-0.2, -0.15) is 4.98 Å². The van der Waals surface area contributed by atoms with E-state index in [9.17, 15) is 0 Å². The highest BCUT2D eigenvalue weighted by Gasteiger charge is 2.04. The van der Waals surface area contributed by atoms with Crippen LogP contribution < -0.4 is 10.6 Å². The number of hydrogen-bond donors (Lipinski definition) is 3. The van der Waals surface area contributed by atoms with Crippen LogP contribution in [0.3, 0.4) is 0 Å². The number of H-pyrrole nitrogens is 1. The van der Waals surface area contributed by atoms with Crippen molar-refractivity contribution in [3.8, 4) is 0 Å². The molecule has 0 fully saturated rings. The third-order valence-electron chi connectivity index (χ3n) is 1.99. The van der Waals surface area contributed by atoms with Gasteiger partial charge >= 0.3 is 0 Å². The van der Waals surface area contributed by atoms with Gasteiger partial charge in [-0.15, -0.1) is 5.10 Å². The second-order valence-corrected chi connectivity index (χ2v) is 4.38. The van der Waals surface area contributed by atoms with Gasteiger partial charge in [-0.05, 0) is 32.0 Å². The quantitative estimate of drug-likeness (QED) is 0.782. The Bertz CT molecular complexity index is 494. The van der Waals surface area contributed by atoms with Crippen molar-refractivity contribution in [1.29, 1.82) is 0 Å². The van der Waals surface area contributed by atoms with E-state index in [0.29, 0.717) is 23.0 Å². The van der Waals surface area contributed by atoms with E-state index >= 15 is 0 Å². The maximum atomic E-state index is 5.89. The predicted molar refractivity (Wildman–Crippen MR) is 69.9 cm³/mol. The first-order valence-electron chi connectivity index (χ1n) is 5.35. The second kappa shape index (κ2) is 5.05. The van der Waals surface area contributed by atoms with Crippen LogP contribution in [0.2, 0.25) is 5.02 Å². The summed E-state index contributed by atoms with van der Waals surface area (Å²) in [4.78, 5) is 4.24. The Labute approximate surface area is 105 Å². The van der Waals surface area contributed by atoms with Crippen LogP contribution in [0.4, 0.5) is 17.6 Å². The summed E-state index contributed by atoms with van der Waals surface area (Å²) in [5.41, 5.74) is 0.866. The molecule has 1 aromatic carbocycles. The molecular weight excluding hydrogens is 238 g/mol. The molecule has 0 unspecified atom stereocenters. The van der Waals surface area contributed by atoms with Crippen molar-refractivity contribution >= 4 is 29.2 Å². The van der Waals surface area contributed by atoms with Crippen LogP contribution in [0.15, 0.2) is 24.3 Å².